The number of aryl methyl sites for hydroxylation is 2. The first-order valence-corrected chi connectivity index (χ1v) is 11.1. The highest BCUT2D eigenvalue weighted by Gasteiger charge is 2.17. The number of nitrogens with zero attached hydrogens (tertiary/aromatic N) is 4. The Labute approximate surface area is 199 Å². The maximum absolute atomic E-state index is 12.7. The van der Waals surface area contributed by atoms with Crippen molar-refractivity contribution in [1.29, 1.82) is 5.26 Å². The number of hydrogen-bond acceptors (Lipinski definition) is 4. The molecule has 0 aliphatic heterocycles. The van der Waals surface area contributed by atoms with Gasteiger partial charge in [-0.1, -0.05) is 63.2 Å². The van der Waals surface area contributed by atoms with E-state index in [1.54, 1.807) is 6.08 Å². The van der Waals surface area contributed by atoms with Gasteiger partial charge in [0, 0.05) is 11.5 Å². The molecule has 6 heteroatoms. The molecule has 4 rings (SSSR count). The molecule has 2 aromatic heterocycles. The molecular weight excluding hydrogens is 422 g/mol. The Balaban J connectivity index is 1.63. The maximum Gasteiger partial charge on any atom is 0.249 e. The Kier molecular flexibility index (Phi) is 6.04. The third kappa shape index (κ3) is 4.60. The van der Waals surface area contributed by atoms with Crippen molar-refractivity contribution in [3.8, 4) is 11.9 Å². The lowest BCUT2D eigenvalue weighted by molar-refractivity contribution is -0.111. The smallest absolute Gasteiger partial charge is 0.249 e. The van der Waals surface area contributed by atoms with E-state index < -0.39 is 0 Å². The molecule has 0 aliphatic carbocycles. The second-order valence-electron chi connectivity index (χ2n) is 9.39. The van der Waals surface area contributed by atoms with Gasteiger partial charge in [0.15, 0.2) is 11.6 Å². The lowest BCUT2D eigenvalue weighted by Gasteiger charge is -2.18. The van der Waals surface area contributed by atoms with Crippen LogP contribution in [0.3, 0.4) is 0 Å². The number of amides is 1. The normalized spacial score (nSPS) is 11.6. The number of carbonyl (C=O) groups is 1. The fraction of sp³-hybridized carbons (Fsp3) is 0.214. The molecule has 2 aromatic carbocycles. The highest BCUT2D eigenvalue weighted by atomic mass is 16.1. The van der Waals surface area contributed by atoms with Crippen LogP contribution in [0.25, 0.3) is 22.8 Å². The Bertz CT molecular complexity index is 1450. The third-order valence-electron chi connectivity index (χ3n) is 5.79. The molecule has 4 aromatic rings. The second kappa shape index (κ2) is 8.95. The first kappa shape index (κ1) is 22.9. The number of rotatable bonds is 4. The summed E-state index contributed by atoms with van der Waals surface area (Å²) < 4.78 is 1.50. The van der Waals surface area contributed by atoms with Crippen LogP contribution in [0.1, 0.15) is 48.6 Å². The van der Waals surface area contributed by atoms with E-state index in [-0.39, 0.29) is 16.9 Å². The molecule has 0 saturated heterocycles. The van der Waals surface area contributed by atoms with E-state index in [0.717, 1.165) is 27.6 Å². The number of nitrogens with one attached hydrogen (secondary N) is 1. The van der Waals surface area contributed by atoms with Crippen molar-refractivity contribution in [2.45, 2.75) is 40.0 Å². The molecule has 2 heterocycles. The topological polar surface area (TPSA) is 83.6 Å². The van der Waals surface area contributed by atoms with Gasteiger partial charge in [0.2, 0.25) is 5.91 Å². The first-order chi connectivity index (χ1) is 16.2. The van der Waals surface area contributed by atoms with Gasteiger partial charge in [-0.2, -0.15) is 15.0 Å². The van der Waals surface area contributed by atoms with E-state index in [4.69, 9.17) is 4.98 Å². The van der Waals surface area contributed by atoms with Gasteiger partial charge in [0.1, 0.15) is 11.6 Å². The lowest BCUT2D eigenvalue weighted by atomic mass is 9.87. The Morgan fingerprint density at radius 3 is 2.50 bits per heavy atom. The minimum absolute atomic E-state index is 0.0689. The molecular formula is C28H27N5O. The zero-order valence-electron chi connectivity index (χ0n) is 20.0. The third-order valence-corrected chi connectivity index (χ3v) is 5.79. The Morgan fingerprint density at radius 1 is 1.09 bits per heavy atom. The summed E-state index contributed by atoms with van der Waals surface area (Å²) in [6.07, 6.45) is 4.63. The number of para-hydroxylation sites is 1. The molecule has 0 fully saturated rings. The number of nitriles is 1. The number of benzene rings is 2. The van der Waals surface area contributed by atoms with E-state index in [1.807, 2.05) is 50.2 Å². The summed E-state index contributed by atoms with van der Waals surface area (Å²) in [6, 6.07) is 18.1. The van der Waals surface area contributed by atoms with Crippen LogP contribution in [0.15, 0.2) is 60.8 Å². The molecule has 0 atom stereocenters. The number of anilines is 1. The quantitative estimate of drug-likeness (QED) is 0.396. The van der Waals surface area contributed by atoms with Crippen molar-refractivity contribution < 1.29 is 4.79 Å². The van der Waals surface area contributed by atoms with Crippen molar-refractivity contribution in [1.82, 2.24) is 14.8 Å². The van der Waals surface area contributed by atoms with Crippen LogP contribution in [0.5, 0.6) is 0 Å². The highest BCUT2D eigenvalue weighted by molar-refractivity contribution is 6.02. The molecule has 170 valence electrons. The van der Waals surface area contributed by atoms with Crippen LogP contribution >= 0.6 is 0 Å². The minimum atomic E-state index is -0.355. The van der Waals surface area contributed by atoms with Crippen molar-refractivity contribution in [2.75, 3.05) is 5.32 Å². The van der Waals surface area contributed by atoms with Gasteiger partial charge in [-0.3, -0.25) is 4.79 Å². The number of aromatic nitrogens is 3. The van der Waals surface area contributed by atoms with E-state index in [2.05, 4.69) is 49.4 Å². The molecule has 0 spiro atoms. The van der Waals surface area contributed by atoms with E-state index in [1.165, 1.54) is 22.5 Å². The molecule has 0 aliphatic rings. The molecule has 6 nitrogen and oxygen atoms in total. The van der Waals surface area contributed by atoms with Gasteiger partial charge >= 0.3 is 0 Å². The predicted octanol–water partition coefficient (Wildman–Crippen LogP) is 5.86. The molecule has 34 heavy (non-hydrogen) atoms. The van der Waals surface area contributed by atoms with Gasteiger partial charge in [-0.15, -0.1) is 0 Å². The monoisotopic (exact) mass is 449 g/mol. The largest absolute Gasteiger partial charge is 0.306 e. The van der Waals surface area contributed by atoms with Crippen molar-refractivity contribution in [3.05, 3.63) is 88.6 Å². The van der Waals surface area contributed by atoms with E-state index in [0.29, 0.717) is 11.6 Å². The SMILES string of the molecule is Cc1cc(-n2ncc(C#N)c2NC(=O)/C=C/c2ccc(C(C)(C)C)cc2)nc2c(C)cccc12. The highest BCUT2D eigenvalue weighted by Crippen LogP contribution is 2.26. The zero-order valence-corrected chi connectivity index (χ0v) is 20.0. The number of hydrogen-bond donors (Lipinski definition) is 1. The van der Waals surface area contributed by atoms with Crippen molar-refractivity contribution in [2.24, 2.45) is 0 Å². The van der Waals surface area contributed by atoms with Crippen LogP contribution in [0.4, 0.5) is 5.82 Å². The van der Waals surface area contributed by atoms with Crippen LogP contribution in [0, 0.1) is 25.2 Å². The summed E-state index contributed by atoms with van der Waals surface area (Å²) in [5.74, 6) is 0.477. The van der Waals surface area contributed by atoms with Crippen LogP contribution in [-0.4, -0.2) is 20.7 Å². The lowest BCUT2D eigenvalue weighted by Crippen LogP contribution is -2.14. The molecule has 1 N–H and O–H groups in total. The fourth-order valence-corrected chi connectivity index (χ4v) is 3.80. The van der Waals surface area contributed by atoms with Crippen molar-refractivity contribution >= 4 is 28.7 Å². The van der Waals surface area contributed by atoms with Gasteiger partial charge in [0.05, 0.1) is 11.7 Å². The standard InChI is InChI=1S/C28H27N5O/c1-18-7-6-8-23-19(2)15-24(31-26(18)23)33-27(21(16-29)17-30-33)32-25(34)14-11-20-9-12-22(13-10-20)28(3,4)5/h6-15,17H,1-5H3,(H,32,34)/b14-11+. The fourth-order valence-electron chi connectivity index (χ4n) is 3.80. The Hall–Kier alpha value is -4.24. The molecule has 1 amide bonds. The number of pyridine rings is 1. The summed E-state index contributed by atoms with van der Waals surface area (Å²) in [4.78, 5) is 17.5. The van der Waals surface area contributed by atoms with E-state index >= 15 is 0 Å². The summed E-state index contributed by atoms with van der Waals surface area (Å²) >= 11 is 0. The summed E-state index contributed by atoms with van der Waals surface area (Å²) in [6.45, 7) is 10.5. The zero-order chi connectivity index (χ0) is 24.5. The number of carbonyl (C=O) groups excluding carboxylic acids is 1. The summed E-state index contributed by atoms with van der Waals surface area (Å²) in [7, 11) is 0. The first-order valence-electron chi connectivity index (χ1n) is 11.1. The average molecular weight is 450 g/mol. The van der Waals surface area contributed by atoms with Crippen LogP contribution in [0.2, 0.25) is 0 Å². The van der Waals surface area contributed by atoms with Gasteiger partial charge in [0.25, 0.3) is 0 Å². The molecule has 0 unspecified atom stereocenters. The van der Waals surface area contributed by atoms with Gasteiger partial charge < -0.3 is 5.32 Å². The predicted molar refractivity (Wildman–Crippen MR) is 136 cm³/mol. The van der Waals surface area contributed by atoms with Crippen molar-refractivity contribution in [3.63, 3.8) is 0 Å². The summed E-state index contributed by atoms with van der Waals surface area (Å²) in [5, 5.41) is 17.8. The Morgan fingerprint density at radius 2 is 1.82 bits per heavy atom. The minimum Gasteiger partial charge on any atom is -0.306 e. The van der Waals surface area contributed by atoms with Crippen LogP contribution in [-0.2, 0) is 10.2 Å². The van der Waals surface area contributed by atoms with Gasteiger partial charge in [-0.05, 0) is 53.7 Å². The summed E-state index contributed by atoms with van der Waals surface area (Å²) in [5.41, 5.74) is 5.42. The van der Waals surface area contributed by atoms with Crippen LogP contribution < -0.4 is 5.32 Å². The average Bonchev–Trinajstić information content (AvgIpc) is 3.20. The molecule has 0 saturated carbocycles. The maximum atomic E-state index is 12.7. The van der Waals surface area contributed by atoms with Gasteiger partial charge in [-0.25, -0.2) is 4.98 Å². The second-order valence-corrected chi connectivity index (χ2v) is 9.39. The van der Waals surface area contributed by atoms with E-state index in [9.17, 15) is 10.1 Å². The number of fused-ring (bicyclic) bond motifs is 1. The molecule has 0 bridgehead atoms. The molecule has 0 radical (unpaired) electrons.